The number of nitrogens with one attached hydrogen (secondary N) is 2. The molecule has 2 heterocycles. The maximum atomic E-state index is 12.8. The van der Waals surface area contributed by atoms with Crippen LogP contribution in [0.15, 0.2) is 47.3 Å². The third kappa shape index (κ3) is 4.34. The third-order valence-corrected chi connectivity index (χ3v) is 5.27. The fraction of sp³-hybridized carbons (Fsp3) is 0.238. The summed E-state index contributed by atoms with van der Waals surface area (Å²) in [6.45, 7) is 2.78. The van der Waals surface area contributed by atoms with E-state index in [-0.39, 0.29) is 11.5 Å². The Morgan fingerprint density at radius 2 is 2.09 bits per heavy atom. The number of methoxy groups -OCH3 is 1. The van der Waals surface area contributed by atoms with Crippen molar-refractivity contribution >= 4 is 34.7 Å². The maximum Gasteiger partial charge on any atom is 0.262 e. The molecule has 0 aliphatic heterocycles. The van der Waals surface area contributed by atoms with Crippen molar-refractivity contribution < 1.29 is 9.53 Å². The van der Waals surface area contributed by atoms with Gasteiger partial charge in [-0.05, 0) is 72.4 Å². The summed E-state index contributed by atoms with van der Waals surface area (Å²) in [6, 6.07) is 12.1. The molecule has 1 amide bonds. The van der Waals surface area contributed by atoms with Crippen LogP contribution < -0.4 is 10.9 Å². The Morgan fingerprint density at radius 1 is 1.25 bits per heavy atom. The van der Waals surface area contributed by atoms with E-state index in [1.54, 1.807) is 55.1 Å². The molecule has 0 aliphatic rings. The van der Waals surface area contributed by atoms with Gasteiger partial charge in [-0.1, -0.05) is 6.07 Å². The normalized spacial score (nSPS) is 11.1. The van der Waals surface area contributed by atoms with E-state index >= 15 is 0 Å². The summed E-state index contributed by atoms with van der Waals surface area (Å²) < 4.78 is 8.42. The first kappa shape index (κ1) is 21.5. The number of carbonyl (C=O) groups is 1. The molecule has 0 saturated heterocycles. The quantitative estimate of drug-likeness (QED) is 0.327. The number of aryl methyl sites for hydroxylation is 1. The number of anilines is 1. The highest BCUT2D eigenvalue weighted by Crippen LogP contribution is 2.17. The molecule has 0 unspecified atom stereocenters. The zero-order valence-corrected chi connectivity index (χ0v) is 18.3. The largest absolute Gasteiger partial charge is 0.385 e. The zero-order chi connectivity index (χ0) is 22.7. The lowest BCUT2D eigenvalue weighted by molar-refractivity contribution is 0.102. The Morgan fingerprint density at radius 3 is 2.84 bits per heavy atom. The van der Waals surface area contributed by atoms with Crippen LogP contribution in [0, 0.1) is 11.7 Å². The van der Waals surface area contributed by atoms with Gasteiger partial charge in [0.15, 0.2) is 10.6 Å². The molecule has 0 fully saturated rings. The van der Waals surface area contributed by atoms with Crippen molar-refractivity contribution in [1.82, 2.24) is 29.8 Å². The summed E-state index contributed by atoms with van der Waals surface area (Å²) in [5.74, 6) is 0.312. The molecule has 0 atom stereocenters. The molecule has 0 aliphatic carbocycles. The topological polar surface area (TPSA) is 120 Å². The summed E-state index contributed by atoms with van der Waals surface area (Å²) in [7, 11) is 1.61. The van der Waals surface area contributed by atoms with Crippen LogP contribution >= 0.6 is 12.2 Å². The van der Waals surface area contributed by atoms with Crippen LogP contribution in [0.25, 0.3) is 16.6 Å². The van der Waals surface area contributed by atoms with Crippen molar-refractivity contribution in [1.29, 1.82) is 0 Å². The molecule has 164 valence electrons. The molecule has 11 heteroatoms. The van der Waals surface area contributed by atoms with Gasteiger partial charge in [0.25, 0.3) is 11.5 Å². The highest BCUT2D eigenvalue weighted by Gasteiger charge is 2.12. The van der Waals surface area contributed by atoms with Crippen molar-refractivity contribution in [2.24, 2.45) is 0 Å². The van der Waals surface area contributed by atoms with Crippen molar-refractivity contribution in [3.8, 4) is 5.69 Å². The molecule has 2 aromatic heterocycles. The standard InChI is InChI=1S/C21H21N7O3S/c1-13-24-25-26-28(13)16-6-3-5-15(12-16)22-19(29)14-7-8-17-18(11-14)23-21(32)27(20(17)30)9-4-10-31-2/h3,5-8,11-12H,4,9-10H2,1-2H3,(H,22,29)(H,23,32). The predicted octanol–water partition coefficient (Wildman–Crippen LogP) is 2.63. The number of hydrogen-bond acceptors (Lipinski definition) is 7. The third-order valence-electron chi connectivity index (χ3n) is 4.95. The lowest BCUT2D eigenvalue weighted by atomic mass is 10.1. The zero-order valence-electron chi connectivity index (χ0n) is 17.5. The number of aromatic nitrogens is 6. The van der Waals surface area contributed by atoms with Crippen LogP contribution in [0.2, 0.25) is 0 Å². The van der Waals surface area contributed by atoms with Gasteiger partial charge in [-0.25, -0.2) is 0 Å². The number of amides is 1. The number of H-pyrrole nitrogens is 1. The van der Waals surface area contributed by atoms with Crippen LogP contribution in [0.4, 0.5) is 5.69 Å². The summed E-state index contributed by atoms with van der Waals surface area (Å²) in [5, 5.41) is 14.8. The van der Waals surface area contributed by atoms with Crippen molar-refractivity contribution in [3.05, 3.63) is 69.0 Å². The van der Waals surface area contributed by atoms with Gasteiger partial charge < -0.3 is 15.0 Å². The second-order valence-corrected chi connectivity index (χ2v) is 7.52. The van der Waals surface area contributed by atoms with Gasteiger partial charge in [0, 0.05) is 31.5 Å². The van der Waals surface area contributed by atoms with Crippen molar-refractivity contribution in [3.63, 3.8) is 0 Å². The monoisotopic (exact) mass is 451 g/mol. The van der Waals surface area contributed by atoms with Crippen molar-refractivity contribution in [2.45, 2.75) is 19.9 Å². The fourth-order valence-electron chi connectivity index (χ4n) is 3.35. The Bertz CT molecular complexity index is 1410. The Kier molecular flexibility index (Phi) is 6.19. The summed E-state index contributed by atoms with van der Waals surface area (Å²) >= 11 is 5.34. The predicted molar refractivity (Wildman–Crippen MR) is 122 cm³/mol. The lowest BCUT2D eigenvalue weighted by Gasteiger charge is -2.10. The minimum Gasteiger partial charge on any atom is -0.385 e. The van der Waals surface area contributed by atoms with Gasteiger partial charge in [-0.3, -0.25) is 14.2 Å². The smallest absolute Gasteiger partial charge is 0.262 e. The van der Waals surface area contributed by atoms with Crippen LogP contribution in [-0.4, -0.2) is 49.4 Å². The molecule has 2 N–H and O–H groups in total. The number of ether oxygens (including phenoxy) is 1. The lowest BCUT2D eigenvalue weighted by Crippen LogP contribution is -2.23. The molecule has 0 bridgehead atoms. The number of rotatable bonds is 7. The highest BCUT2D eigenvalue weighted by molar-refractivity contribution is 7.71. The second kappa shape index (κ2) is 9.20. The van der Waals surface area contributed by atoms with E-state index < -0.39 is 0 Å². The average molecular weight is 452 g/mol. The van der Waals surface area contributed by atoms with Gasteiger partial charge in [0.1, 0.15) is 0 Å². The summed E-state index contributed by atoms with van der Waals surface area (Å²) in [4.78, 5) is 28.7. The van der Waals surface area contributed by atoms with E-state index in [0.29, 0.717) is 52.3 Å². The Labute approximate surface area is 187 Å². The van der Waals surface area contributed by atoms with Gasteiger partial charge >= 0.3 is 0 Å². The molecule has 0 saturated carbocycles. The first-order valence-corrected chi connectivity index (χ1v) is 10.3. The first-order chi connectivity index (χ1) is 15.5. The molecule has 32 heavy (non-hydrogen) atoms. The van der Waals surface area contributed by atoms with Crippen LogP contribution in [0.3, 0.4) is 0 Å². The van der Waals surface area contributed by atoms with E-state index in [0.717, 1.165) is 5.69 Å². The van der Waals surface area contributed by atoms with E-state index in [4.69, 9.17) is 17.0 Å². The summed E-state index contributed by atoms with van der Waals surface area (Å²) in [6.07, 6.45) is 0.670. The number of nitrogens with zero attached hydrogens (tertiary/aromatic N) is 5. The molecule has 10 nitrogen and oxygen atoms in total. The Balaban J connectivity index is 1.59. The SMILES string of the molecule is COCCCn1c(=S)[nH]c2cc(C(=O)Nc3cccc(-n4nnnc4C)c3)ccc2c1=O. The average Bonchev–Trinajstić information content (AvgIpc) is 3.21. The number of fused-ring (bicyclic) bond motifs is 1. The molecular formula is C21H21N7O3S. The van der Waals surface area contributed by atoms with Crippen LogP contribution in [-0.2, 0) is 11.3 Å². The molecule has 2 aromatic carbocycles. The number of hydrogen-bond donors (Lipinski definition) is 2. The molecule has 4 aromatic rings. The summed E-state index contributed by atoms with van der Waals surface area (Å²) in [5.41, 5.74) is 2.01. The fourth-order valence-corrected chi connectivity index (χ4v) is 3.64. The van der Waals surface area contributed by atoms with Gasteiger partial charge in [0.2, 0.25) is 0 Å². The van der Waals surface area contributed by atoms with Gasteiger partial charge in [0.05, 0.1) is 16.6 Å². The first-order valence-electron chi connectivity index (χ1n) is 9.90. The van der Waals surface area contributed by atoms with Crippen molar-refractivity contribution in [2.75, 3.05) is 19.0 Å². The number of tetrazole rings is 1. The molecule has 0 radical (unpaired) electrons. The molecule has 4 rings (SSSR count). The van der Waals surface area contributed by atoms with Crippen LogP contribution in [0.5, 0.6) is 0 Å². The van der Waals surface area contributed by atoms with E-state index in [9.17, 15) is 9.59 Å². The number of aromatic amines is 1. The number of benzene rings is 2. The van der Waals surface area contributed by atoms with E-state index in [1.807, 2.05) is 6.07 Å². The highest BCUT2D eigenvalue weighted by atomic mass is 32.1. The number of carbonyl (C=O) groups excluding carboxylic acids is 1. The van der Waals surface area contributed by atoms with Gasteiger partial charge in [-0.15, -0.1) is 5.10 Å². The second-order valence-electron chi connectivity index (χ2n) is 7.14. The minimum atomic E-state index is -0.318. The minimum absolute atomic E-state index is 0.198. The molecule has 0 spiro atoms. The van der Waals surface area contributed by atoms with E-state index in [1.165, 1.54) is 4.57 Å². The Hall–Kier alpha value is -3.70. The van der Waals surface area contributed by atoms with Crippen LogP contribution in [0.1, 0.15) is 22.6 Å². The maximum absolute atomic E-state index is 12.8. The van der Waals surface area contributed by atoms with Gasteiger partial charge in [-0.2, -0.15) is 4.68 Å². The van der Waals surface area contributed by atoms with E-state index in [2.05, 4.69) is 25.8 Å². The molecular weight excluding hydrogens is 430 g/mol.